The summed E-state index contributed by atoms with van der Waals surface area (Å²) < 4.78 is 41.9. The van der Waals surface area contributed by atoms with Gasteiger partial charge in [0.15, 0.2) is 0 Å². The van der Waals surface area contributed by atoms with Crippen LogP contribution in [0.2, 0.25) is 0 Å². The van der Waals surface area contributed by atoms with Crippen LogP contribution in [0.25, 0.3) is 22.5 Å². The number of amides is 1. The first-order valence-electron chi connectivity index (χ1n) is 10.3. The van der Waals surface area contributed by atoms with Crippen LogP contribution < -0.4 is 9.73 Å². The highest BCUT2D eigenvalue weighted by molar-refractivity contribution is 7.93. The number of H-pyrrole nitrogens is 1. The van der Waals surface area contributed by atoms with E-state index in [1.807, 2.05) is 18.2 Å². The largest absolute Gasteiger partial charge is 0.275 e. The Hall–Kier alpha value is -4.31. The Balaban J connectivity index is 1.52. The van der Waals surface area contributed by atoms with E-state index in [1.165, 1.54) is 24.3 Å². The number of aromatic amines is 1. The van der Waals surface area contributed by atoms with Crippen molar-refractivity contribution in [1.29, 1.82) is 0 Å². The predicted molar refractivity (Wildman–Crippen MR) is 126 cm³/mol. The van der Waals surface area contributed by atoms with Gasteiger partial charge in [0.1, 0.15) is 23.7 Å². The standard InChI is InChI=1S/C24H18FN5O3S/c25-19-12-6-4-10-17(19)14-26-27-21(31)15-30-24-22(16-8-2-1-3-9-16)28-29-23(24)18-11-5-7-13-20(18)34(30,32)33/h1-14H,15H2,(H,27,31)(H,28,29)/b26-14+. The molecule has 3 aromatic carbocycles. The summed E-state index contributed by atoms with van der Waals surface area (Å²) in [6.45, 7) is -0.544. The Bertz CT molecular complexity index is 1500. The quantitative estimate of drug-likeness (QED) is 0.340. The second-order valence-electron chi connectivity index (χ2n) is 7.48. The van der Waals surface area contributed by atoms with Gasteiger partial charge in [-0.15, -0.1) is 0 Å². The lowest BCUT2D eigenvalue weighted by molar-refractivity contribution is -0.119. The maximum absolute atomic E-state index is 13.8. The monoisotopic (exact) mass is 475 g/mol. The van der Waals surface area contributed by atoms with Crippen LogP contribution in [-0.4, -0.2) is 37.3 Å². The highest BCUT2D eigenvalue weighted by Gasteiger charge is 2.39. The van der Waals surface area contributed by atoms with Gasteiger partial charge >= 0.3 is 0 Å². The van der Waals surface area contributed by atoms with Crippen molar-refractivity contribution in [3.8, 4) is 22.5 Å². The summed E-state index contributed by atoms with van der Waals surface area (Å²) in [6.07, 6.45) is 1.16. The molecule has 0 saturated carbocycles. The molecule has 0 spiro atoms. The number of aromatic nitrogens is 2. The highest BCUT2D eigenvalue weighted by atomic mass is 32.2. The summed E-state index contributed by atoms with van der Waals surface area (Å²) >= 11 is 0. The van der Waals surface area contributed by atoms with Crippen molar-refractivity contribution < 1.29 is 17.6 Å². The molecule has 170 valence electrons. The van der Waals surface area contributed by atoms with Crippen LogP contribution in [0.1, 0.15) is 5.56 Å². The third-order valence-electron chi connectivity index (χ3n) is 5.35. The number of hydrogen-bond donors (Lipinski definition) is 2. The van der Waals surface area contributed by atoms with E-state index in [-0.39, 0.29) is 16.1 Å². The number of nitrogens with zero attached hydrogens (tertiary/aromatic N) is 3. The van der Waals surface area contributed by atoms with Crippen LogP contribution in [0.4, 0.5) is 10.1 Å². The minimum Gasteiger partial charge on any atom is -0.275 e. The maximum atomic E-state index is 13.8. The van der Waals surface area contributed by atoms with Gasteiger partial charge in [-0.2, -0.15) is 10.2 Å². The molecule has 0 aliphatic carbocycles. The SMILES string of the molecule is O=C(CN1c2c(-c3ccccc3)n[nH]c2-c2ccccc2S1(=O)=O)N/N=C/c1ccccc1F. The molecule has 4 aromatic rings. The molecule has 34 heavy (non-hydrogen) atoms. The molecule has 1 aliphatic heterocycles. The second kappa shape index (κ2) is 8.56. The van der Waals surface area contributed by atoms with Gasteiger partial charge in [0.2, 0.25) is 0 Å². The smallest absolute Gasteiger partial charge is 0.265 e. The van der Waals surface area contributed by atoms with Crippen LogP contribution >= 0.6 is 0 Å². The fraction of sp³-hybridized carbons (Fsp3) is 0.0417. The highest BCUT2D eigenvalue weighted by Crippen LogP contribution is 2.46. The molecule has 0 saturated heterocycles. The first kappa shape index (κ1) is 21.5. The first-order chi connectivity index (χ1) is 16.5. The first-order valence-corrected chi connectivity index (χ1v) is 11.7. The van der Waals surface area contributed by atoms with E-state index < -0.39 is 28.3 Å². The van der Waals surface area contributed by atoms with Gasteiger partial charge in [0.25, 0.3) is 15.9 Å². The summed E-state index contributed by atoms with van der Waals surface area (Å²) in [5.41, 5.74) is 4.80. The number of hydrogen-bond acceptors (Lipinski definition) is 5. The normalized spacial score (nSPS) is 14.0. The van der Waals surface area contributed by atoms with Gasteiger partial charge in [-0.3, -0.25) is 14.2 Å². The zero-order chi connectivity index (χ0) is 23.7. The molecular formula is C24H18FN5O3S. The summed E-state index contributed by atoms with van der Waals surface area (Å²) in [4.78, 5) is 12.8. The molecule has 2 heterocycles. The third-order valence-corrected chi connectivity index (χ3v) is 7.15. The van der Waals surface area contributed by atoms with Gasteiger partial charge in [0.05, 0.1) is 16.8 Å². The van der Waals surface area contributed by atoms with Crippen molar-refractivity contribution in [3.63, 3.8) is 0 Å². The van der Waals surface area contributed by atoms with Crippen LogP contribution in [0, 0.1) is 5.82 Å². The second-order valence-corrected chi connectivity index (χ2v) is 9.32. The van der Waals surface area contributed by atoms with Crippen LogP contribution in [0.3, 0.4) is 0 Å². The van der Waals surface area contributed by atoms with Gasteiger partial charge in [-0.05, 0) is 12.1 Å². The van der Waals surface area contributed by atoms with E-state index >= 15 is 0 Å². The fourth-order valence-corrected chi connectivity index (χ4v) is 5.43. The Labute approximate surface area is 194 Å². The lowest BCUT2D eigenvalue weighted by Gasteiger charge is -2.29. The van der Waals surface area contributed by atoms with Crippen molar-refractivity contribution in [2.45, 2.75) is 4.90 Å². The van der Waals surface area contributed by atoms with Crippen LogP contribution in [-0.2, 0) is 14.8 Å². The van der Waals surface area contributed by atoms with Crippen molar-refractivity contribution >= 4 is 27.8 Å². The van der Waals surface area contributed by atoms with E-state index in [4.69, 9.17) is 0 Å². The molecule has 1 amide bonds. The number of carbonyl (C=O) groups is 1. The summed E-state index contributed by atoms with van der Waals surface area (Å²) in [5, 5.41) is 11.1. The van der Waals surface area contributed by atoms with E-state index in [9.17, 15) is 17.6 Å². The molecule has 0 fully saturated rings. The van der Waals surface area contributed by atoms with Gasteiger partial charge in [-0.1, -0.05) is 66.7 Å². The van der Waals surface area contributed by atoms with Gasteiger partial charge < -0.3 is 0 Å². The van der Waals surface area contributed by atoms with Crippen LogP contribution in [0.5, 0.6) is 0 Å². The number of halogens is 1. The summed E-state index contributed by atoms with van der Waals surface area (Å²) in [7, 11) is -4.08. The molecule has 2 N–H and O–H groups in total. The molecular weight excluding hydrogens is 457 g/mol. The van der Waals surface area contributed by atoms with E-state index in [0.717, 1.165) is 10.5 Å². The Morgan fingerprint density at radius 2 is 1.74 bits per heavy atom. The number of carbonyl (C=O) groups excluding carboxylic acids is 1. The Kier molecular flexibility index (Phi) is 5.42. The van der Waals surface area contributed by atoms with Gasteiger partial charge in [-0.25, -0.2) is 18.2 Å². The number of fused-ring (bicyclic) bond motifs is 3. The Morgan fingerprint density at radius 3 is 2.53 bits per heavy atom. The zero-order valence-corrected chi connectivity index (χ0v) is 18.5. The third kappa shape index (κ3) is 3.73. The predicted octanol–water partition coefficient (Wildman–Crippen LogP) is 3.54. The molecule has 0 radical (unpaired) electrons. The number of rotatable bonds is 5. The molecule has 1 aromatic heterocycles. The van der Waals surface area contributed by atoms with E-state index in [0.29, 0.717) is 22.5 Å². The molecule has 1 aliphatic rings. The zero-order valence-electron chi connectivity index (χ0n) is 17.6. The van der Waals surface area contributed by atoms with Crippen molar-refractivity contribution in [2.75, 3.05) is 10.8 Å². The average molecular weight is 476 g/mol. The van der Waals surface area contributed by atoms with Crippen molar-refractivity contribution in [3.05, 3.63) is 90.2 Å². The summed E-state index contributed by atoms with van der Waals surface area (Å²) in [6, 6.07) is 21.6. The molecule has 0 bridgehead atoms. The van der Waals surface area contributed by atoms with Gasteiger partial charge in [0, 0.05) is 16.7 Å². The number of benzene rings is 3. The minimum absolute atomic E-state index is 0.0634. The topological polar surface area (TPSA) is 108 Å². The number of nitrogens with one attached hydrogen (secondary N) is 2. The molecule has 10 heteroatoms. The average Bonchev–Trinajstić information content (AvgIpc) is 3.29. The molecule has 0 atom stereocenters. The number of hydrazone groups is 1. The molecule has 8 nitrogen and oxygen atoms in total. The fourth-order valence-electron chi connectivity index (χ4n) is 3.78. The minimum atomic E-state index is -4.08. The lowest BCUT2D eigenvalue weighted by atomic mass is 10.1. The number of anilines is 1. The van der Waals surface area contributed by atoms with E-state index in [1.54, 1.807) is 36.4 Å². The summed E-state index contributed by atoms with van der Waals surface area (Å²) in [5.74, 6) is -1.19. The number of sulfonamides is 1. The lowest BCUT2D eigenvalue weighted by Crippen LogP contribution is -2.41. The van der Waals surface area contributed by atoms with Crippen LogP contribution in [0.15, 0.2) is 88.9 Å². The van der Waals surface area contributed by atoms with Crippen molar-refractivity contribution in [2.24, 2.45) is 5.10 Å². The maximum Gasteiger partial charge on any atom is 0.265 e. The Morgan fingerprint density at radius 1 is 1.03 bits per heavy atom. The van der Waals surface area contributed by atoms with Crippen molar-refractivity contribution in [1.82, 2.24) is 15.6 Å². The molecule has 0 unspecified atom stereocenters. The molecule has 5 rings (SSSR count). The van der Waals surface area contributed by atoms with E-state index in [2.05, 4.69) is 20.7 Å².